The van der Waals surface area contributed by atoms with E-state index in [-0.39, 0.29) is 6.10 Å². The summed E-state index contributed by atoms with van der Waals surface area (Å²) < 4.78 is 0. The highest BCUT2D eigenvalue weighted by Gasteiger charge is 2.09. The highest BCUT2D eigenvalue weighted by Crippen LogP contribution is 2.08. The van der Waals surface area contributed by atoms with E-state index >= 15 is 0 Å². The molecule has 0 aliphatic carbocycles. The molecule has 0 fully saturated rings. The summed E-state index contributed by atoms with van der Waals surface area (Å²) in [5.74, 6) is -1.63. The fraction of sp³-hybridized carbons (Fsp3) is 0.750. The molecule has 0 heterocycles. The minimum absolute atomic E-state index is 0.297. The van der Waals surface area contributed by atoms with Crippen molar-refractivity contribution in [2.24, 2.45) is 11.5 Å². The minimum Gasteiger partial charge on any atom is -0.481 e. The number of allylic oxidation sites excluding steroid dienone is 3. The number of unbranched alkanes of at least 4 members (excludes halogenated alkanes) is 8. The molecule has 7 N–H and O–H groups in total. The lowest BCUT2D eigenvalue weighted by Crippen LogP contribution is -2.29. The molecule has 0 aromatic rings. The molecule has 0 radical (unpaired) electrons. The van der Waals surface area contributed by atoms with E-state index in [9.17, 15) is 14.7 Å². The molecule has 0 amide bonds. The zero-order valence-electron chi connectivity index (χ0n) is 19.4. The monoisotopic (exact) mass is 442 g/mol. The Hall–Kier alpha value is -1.70. The van der Waals surface area contributed by atoms with Crippen LogP contribution in [0.5, 0.6) is 0 Å². The van der Waals surface area contributed by atoms with E-state index in [2.05, 4.69) is 13.0 Å². The van der Waals surface area contributed by atoms with Crippen LogP contribution in [0.25, 0.3) is 0 Å². The highest BCUT2D eigenvalue weighted by atomic mass is 16.4. The van der Waals surface area contributed by atoms with Crippen molar-refractivity contribution >= 4 is 11.9 Å². The Kier molecular flexibility index (Phi) is 25.0. The standard InChI is InChI=1S/C18H32O3.C6H14N2O2/c1-2-3-11-14-17(19)15-12-9-7-5-4-6-8-10-13-16-18(20)21;7-4-2-1-3-5(8)6(9)10/h7,9,12,15,17,19H,2-6,8,10-11,13-14,16H2,1H3,(H,20,21);5H,1-4,7-8H2,(H,9,10)/b9-7-,15-12+;/t;5-/m.0/s1. The third kappa shape index (κ3) is 28.3. The number of carboxylic acid groups (broad SMARTS) is 2. The fourth-order valence-electron chi connectivity index (χ4n) is 2.77. The predicted octanol–water partition coefficient (Wildman–Crippen LogP) is 4.38. The number of carbonyl (C=O) groups is 2. The summed E-state index contributed by atoms with van der Waals surface area (Å²) in [4.78, 5) is 20.5. The van der Waals surface area contributed by atoms with Crippen LogP contribution in [-0.2, 0) is 9.59 Å². The van der Waals surface area contributed by atoms with Gasteiger partial charge in [-0.3, -0.25) is 9.59 Å². The molecular formula is C24H46N2O5. The number of rotatable bonds is 19. The first-order valence-electron chi connectivity index (χ1n) is 11.8. The largest absolute Gasteiger partial charge is 0.481 e. The summed E-state index contributed by atoms with van der Waals surface area (Å²) in [7, 11) is 0. The van der Waals surface area contributed by atoms with Crippen LogP contribution < -0.4 is 11.5 Å². The molecule has 0 aromatic carbocycles. The van der Waals surface area contributed by atoms with Gasteiger partial charge in [-0.2, -0.15) is 0 Å². The Morgan fingerprint density at radius 1 is 0.871 bits per heavy atom. The van der Waals surface area contributed by atoms with E-state index < -0.39 is 18.0 Å². The van der Waals surface area contributed by atoms with Crippen LogP contribution in [0.3, 0.4) is 0 Å². The van der Waals surface area contributed by atoms with Crippen LogP contribution in [-0.4, -0.2) is 45.9 Å². The maximum atomic E-state index is 10.3. The van der Waals surface area contributed by atoms with Crippen LogP contribution >= 0.6 is 0 Å². The smallest absolute Gasteiger partial charge is 0.320 e. The molecule has 0 bridgehead atoms. The van der Waals surface area contributed by atoms with E-state index in [1.54, 1.807) is 0 Å². The van der Waals surface area contributed by atoms with Crippen LogP contribution in [0, 0.1) is 0 Å². The molecule has 7 nitrogen and oxygen atoms in total. The van der Waals surface area contributed by atoms with E-state index in [4.69, 9.17) is 21.7 Å². The van der Waals surface area contributed by atoms with Gasteiger partial charge in [0.2, 0.25) is 0 Å². The van der Waals surface area contributed by atoms with Crippen molar-refractivity contribution in [3.8, 4) is 0 Å². The van der Waals surface area contributed by atoms with E-state index in [0.717, 1.165) is 64.2 Å². The van der Waals surface area contributed by atoms with E-state index in [1.165, 1.54) is 12.8 Å². The van der Waals surface area contributed by atoms with Crippen molar-refractivity contribution in [2.75, 3.05) is 6.54 Å². The molecule has 0 saturated heterocycles. The zero-order chi connectivity index (χ0) is 23.7. The Morgan fingerprint density at radius 3 is 2.13 bits per heavy atom. The minimum atomic E-state index is -0.933. The molecule has 182 valence electrons. The first kappa shape index (κ1) is 31.5. The second kappa shape index (κ2) is 24.6. The van der Waals surface area contributed by atoms with E-state index in [1.807, 2.05) is 18.2 Å². The number of aliphatic hydroxyl groups excluding tert-OH is 1. The van der Waals surface area contributed by atoms with Crippen molar-refractivity contribution in [3.63, 3.8) is 0 Å². The van der Waals surface area contributed by atoms with Gasteiger partial charge in [0.1, 0.15) is 6.04 Å². The molecular weight excluding hydrogens is 396 g/mol. The maximum Gasteiger partial charge on any atom is 0.320 e. The molecule has 1 unspecified atom stereocenters. The van der Waals surface area contributed by atoms with Gasteiger partial charge < -0.3 is 26.8 Å². The zero-order valence-corrected chi connectivity index (χ0v) is 19.4. The summed E-state index contributed by atoms with van der Waals surface area (Å²) in [6.07, 6.45) is 20.7. The third-order valence-electron chi connectivity index (χ3n) is 4.73. The van der Waals surface area contributed by atoms with Gasteiger partial charge in [-0.25, -0.2) is 0 Å². The summed E-state index contributed by atoms with van der Waals surface area (Å²) >= 11 is 0. The topological polar surface area (TPSA) is 147 Å². The lowest BCUT2D eigenvalue weighted by molar-refractivity contribution is -0.139. The molecule has 0 aliphatic rings. The molecule has 7 heteroatoms. The average Bonchev–Trinajstić information content (AvgIpc) is 2.72. The van der Waals surface area contributed by atoms with Gasteiger partial charge in [-0.05, 0) is 45.1 Å². The molecule has 0 saturated carbocycles. The van der Waals surface area contributed by atoms with Crippen LogP contribution in [0.1, 0.15) is 96.8 Å². The molecule has 0 aromatic heterocycles. The molecule has 0 spiro atoms. The third-order valence-corrected chi connectivity index (χ3v) is 4.73. The first-order valence-corrected chi connectivity index (χ1v) is 11.8. The number of nitrogens with two attached hydrogens (primary N) is 2. The number of aliphatic hydroxyl groups is 1. The summed E-state index contributed by atoms with van der Waals surface area (Å²) in [5.41, 5.74) is 10.4. The molecule has 31 heavy (non-hydrogen) atoms. The number of aliphatic carboxylic acids is 2. The number of hydrogen-bond donors (Lipinski definition) is 5. The van der Waals surface area contributed by atoms with Gasteiger partial charge >= 0.3 is 11.9 Å². The quantitative estimate of drug-likeness (QED) is 0.147. The van der Waals surface area contributed by atoms with E-state index in [0.29, 0.717) is 19.4 Å². The lowest BCUT2D eigenvalue weighted by atomic mass is 10.1. The Balaban J connectivity index is 0. The average molecular weight is 443 g/mol. The highest BCUT2D eigenvalue weighted by molar-refractivity contribution is 5.72. The van der Waals surface area contributed by atoms with Gasteiger partial charge in [0.05, 0.1) is 6.10 Å². The normalized spacial score (nSPS) is 13.2. The van der Waals surface area contributed by atoms with Crippen molar-refractivity contribution in [1.82, 2.24) is 0 Å². The van der Waals surface area contributed by atoms with Crippen molar-refractivity contribution in [3.05, 3.63) is 24.3 Å². The van der Waals surface area contributed by atoms with Crippen molar-refractivity contribution in [1.29, 1.82) is 0 Å². The van der Waals surface area contributed by atoms with Crippen molar-refractivity contribution < 1.29 is 24.9 Å². The van der Waals surface area contributed by atoms with Gasteiger partial charge in [0.25, 0.3) is 0 Å². The van der Waals surface area contributed by atoms with Crippen LogP contribution in [0.15, 0.2) is 24.3 Å². The van der Waals surface area contributed by atoms with Gasteiger partial charge in [0.15, 0.2) is 0 Å². The second-order valence-corrected chi connectivity index (χ2v) is 7.81. The fourth-order valence-corrected chi connectivity index (χ4v) is 2.77. The SMILES string of the molecule is CCCCCC(O)/C=C/C=C\CCCCCCCC(=O)O.NCCCC[C@H](N)C(=O)O. The number of carboxylic acids is 2. The van der Waals surface area contributed by atoms with Gasteiger partial charge in [-0.15, -0.1) is 0 Å². The van der Waals surface area contributed by atoms with Gasteiger partial charge in [0, 0.05) is 6.42 Å². The predicted molar refractivity (Wildman–Crippen MR) is 127 cm³/mol. The Morgan fingerprint density at radius 2 is 1.52 bits per heavy atom. The summed E-state index contributed by atoms with van der Waals surface area (Å²) in [5, 5.41) is 26.5. The Bertz CT molecular complexity index is 481. The summed E-state index contributed by atoms with van der Waals surface area (Å²) in [6, 6.07) is -0.716. The van der Waals surface area contributed by atoms with Crippen LogP contribution in [0.2, 0.25) is 0 Å². The molecule has 0 aliphatic heterocycles. The second-order valence-electron chi connectivity index (χ2n) is 7.81. The molecule has 0 rings (SSSR count). The number of hydrogen-bond acceptors (Lipinski definition) is 5. The van der Waals surface area contributed by atoms with Crippen LogP contribution in [0.4, 0.5) is 0 Å². The lowest BCUT2D eigenvalue weighted by Gasteiger charge is -2.03. The Labute approximate surface area is 188 Å². The first-order chi connectivity index (χ1) is 14.8. The van der Waals surface area contributed by atoms with Crippen molar-refractivity contribution in [2.45, 2.75) is 109 Å². The summed E-state index contributed by atoms with van der Waals surface area (Å²) in [6.45, 7) is 2.77. The molecule has 2 atom stereocenters. The van der Waals surface area contributed by atoms with Gasteiger partial charge in [-0.1, -0.05) is 76.2 Å². The maximum absolute atomic E-state index is 10.3.